The molecule has 2 amide bonds. The van der Waals surface area contributed by atoms with Gasteiger partial charge in [0.05, 0.1) is 29.8 Å². The molecule has 10 heteroatoms. The van der Waals surface area contributed by atoms with E-state index in [1.165, 1.54) is 7.11 Å². The molecule has 2 aliphatic carbocycles. The van der Waals surface area contributed by atoms with Crippen molar-refractivity contribution in [2.75, 3.05) is 12.4 Å². The molecule has 2 aliphatic rings. The number of rotatable bonds is 11. The summed E-state index contributed by atoms with van der Waals surface area (Å²) in [5.74, 6) is -3.00. The third-order valence-electron chi connectivity index (χ3n) is 8.51. The topological polar surface area (TPSA) is 87.7 Å². The number of hydrogen-bond acceptors (Lipinski definition) is 4. The second-order valence-corrected chi connectivity index (χ2v) is 12.2. The molecule has 2 fully saturated rings. The van der Waals surface area contributed by atoms with E-state index in [1.54, 1.807) is 26.0 Å². The van der Waals surface area contributed by atoms with Crippen LogP contribution in [0.1, 0.15) is 80.8 Å². The molecule has 234 valence electrons. The molecule has 0 saturated heterocycles. The Morgan fingerprint density at radius 2 is 1.81 bits per heavy atom. The fourth-order valence-corrected chi connectivity index (χ4v) is 6.37. The number of unbranched alkanes of at least 4 members (excludes halogenated alkanes) is 2. The highest BCUT2D eigenvalue weighted by Crippen LogP contribution is 2.53. The van der Waals surface area contributed by atoms with E-state index in [2.05, 4.69) is 23.6 Å². The van der Waals surface area contributed by atoms with Crippen LogP contribution < -0.4 is 15.4 Å². The minimum Gasteiger partial charge on any atom is -0.496 e. The van der Waals surface area contributed by atoms with Crippen molar-refractivity contribution in [3.8, 4) is 5.75 Å². The number of methoxy groups -OCH3 is 1. The van der Waals surface area contributed by atoms with Crippen molar-refractivity contribution in [2.24, 2.45) is 17.8 Å². The van der Waals surface area contributed by atoms with Crippen LogP contribution in [-0.4, -0.2) is 35.7 Å². The summed E-state index contributed by atoms with van der Waals surface area (Å²) in [6.07, 6.45) is 2.56. The van der Waals surface area contributed by atoms with E-state index in [0.29, 0.717) is 36.3 Å². The fraction of sp³-hybridized carbons (Fsp3) is 0.515. The van der Waals surface area contributed by atoms with E-state index in [-0.39, 0.29) is 17.5 Å². The van der Waals surface area contributed by atoms with E-state index in [1.807, 2.05) is 6.07 Å². The van der Waals surface area contributed by atoms with Crippen LogP contribution in [0.2, 0.25) is 0 Å². The lowest BCUT2D eigenvalue weighted by molar-refractivity contribution is -0.140. The Morgan fingerprint density at radius 1 is 1.09 bits per heavy atom. The summed E-state index contributed by atoms with van der Waals surface area (Å²) >= 11 is 0. The van der Waals surface area contributed by atoms with Crippen molar-refractivity contribution in [3.63, 3.8) is 0 Å². The van der Waals surface area contributed by atoms with Crippen molar-refractivity contribution in [2.45, 2.75) is 83.5 Å². The van der Waals surface area contributed by atoms with Gasteiger partial charge in [-0.2, -0.15) is 13.2 Å². The summed E-state index contributed by atoms with van der Waals surface area (Å²) in [6.45, 7) is 5.51. The number of aliphatic hydroxyl groups is 1. The SMILES string of the molecule is CCCC/C=C1\C2CCC1[C@H](C(=O)Nc1ccc(F)c(C(F)(F)F)c1)[C@@H]2NC(=O)c1cc(CCC(C)(C)O)ccc1OC. The summed E-state index contributed by atoms with van der Waals surface area (Å²) in [5, 5.41) is 15.8. The predicted molar refractivity (Wildman–Crippen MR) is 156 cm³/mol. The molecule has 4 atom stereocenters. The minimum absolute atomic E-state index is 0.0927. The fourth-order valence-electron chi connectivity index (χ4n) is 6.37. The summed E-state index contributed by atoms with van der Waals surface area (Å²) in [5.41, 5.74) is -0.267. The van der Waals surface area contributed by atoms with Crippen molar-refractivity contribution in [1.29, 1.82) is 0 Å². The highest BCUT2D eigenvalue weighted by atomic mass is 19.4. The molecule has 2 bridgehead atoms. The predicted octanol–water partition coefficient (Wildman–Crippen LogP) is 7.07. The molecule has 2 saturated carbocycles. The number of aryl methyl sites for hydroxylation is 1. The van der Waals surface area contributed by atoms with Gasteiger partial charge in [-0.1, -0.05) is 37.5 Å². The zero-order valence-electron chi connectivity index (χ0n) is 25.0. The van der Waals surface area contributed by atoms with Gasteiger partial charge in [0.2, 0.25) is 5.91 Å². The van der Waals surface area contributed by atoms with Crippen molar-refractivity contribution >= 4 is 17.5 Å². The molecule has 43 heavy (non-hydrogen) atoms. The second kappa shape index (κ2) is 13.1. The molecule has 2 unspecified atom stereocenters. The number of amides is 2. The summed E-state index contributed by atoms with van der Waals surface area (Å²) < 4.78 is 59.3. The zero-order valence-corrected chi connectivity index (χ0v) is 25.0. The normalized spacial score (nSPS) is 22.6. The average Bonchev–Trinajstić information content (AvgIpc) is 3.46. The monoisotopic (exact) mass is 604 g/mol. The van der Waals surface area contributed by atoms with E-state index >= 15 is 0 Å². The number of ether oxygens (including phenoxy) is 1. The first-order valence-corrected chi connectivity index (χ1v) is 14.8. The first-order chi connectivity index (χ1) is 20.2. The Bertz CT molecular complexity index is 1370. The van der Waals surface area contributed by atoms with Crippen LogP contribution in [0.4, 0.5) is 23.2 Å². The number of anilines is 1. The zero-order chi connectivity index (χ0) is 31.5. The van der Waals surface area contributed by atoms with Gasteiger partial charge in [0, 0.05) is 17.6 Å². The van der Waals surface area contributed by atoms with E-state index in [4.69, 9.17) is 4.74 Å². The molecular formula is C33H40F4N2O4. The van der Waals surface area contributed by atoms with E-state index in [9.17, 15) is 32.3 Å². The van der Waals surface area contributed by atoms with Gasteiger partial charge in [-0.15, -0.1) is 0 Å². The maximum Gasteiger partial charge on any atom is 0.419 e. The first kappa shape index (κ1) is 32.5. The lowest BCUT2D eigenvalue weighted by Crippen LogP contribution is -2.48. The standard InChI is InChI=1S/C33H40F4N2O4/c1-5-6-7-8-21-22-11-12-23(21)29(28(22)31(41)38-20-10-13-26(34)25(18-20)33(35,36)37)39-30(40)24-17-19(9-14-27(24)43-4)15-16-32(2,3)42/h8-10,13-14,17-18,22-23,28-29,42H,5-7,11-12,15-16H2,1-4H3,(H,38,41)(H,39,40)/b21-8-/t22?,23?,28-,29+/m0/s1. The molecular weight excluding hydrogens is 564 g/mol. The van der Waals surface area contributed by atoms with Crippen LogP contribution in [0.3, 0.4) is 0 Å². The van der Waals surface area contributed by atoms with Gasteiger partial charge in [-0.3, -0.25) is 9.59 Å². The number of halogens is 4. The highest BCUT2D eigenvalue weighted by Gasteiger charge is 2.54. The Kier molecular flexibility index (Phi) is 9.89. The third-order valence-corrected chi connectivity index (χ3v) is 8.51. The molecule has 0 heterocycles. The van der Waals surface area contributed by atoms with E-state index in [0.717, 1.165) is 49.3 Å². The van der Waals surface area contributed by atoms with Crippen LogP contribution in [0.15, 0.2) is 48.0 Å². The van der Waals surface area contributed by atoms with Crippen LogP contribution >= 0.6 is 0 Å². The van der Waals surface area contributed by atoms with Gasteiger partial charge in [-0.25, -0.2) is 4.39 Å². The van der Waals surface area contributed by atoms with Gasteiger partial charge >= 0.3 is 6.18 Å². The van der Waals surface area contributed by atoms with Crippen LogP contribution in [0.5, 0.6) is 5.75 Å². The smallest absolute Gasteiger partial charge is 0.419 e. The van der Waals surface area contributed by atoms with Gasteiger partial charge in [-0.05, 0) is 87.8 Å². The molecule has 2 aromatic carbocycles. The number of hydrogen-bond donors (Lipinski definition) is 3. The van der Waals surface area contributed by atoms with Gasteiger partial charge in [0.25, 0.3) is 5.91 Å². The Hall–Kier alpha value is -3.40. The lowest BCUT2D eigenvalue weighted by atomic mass is 9.83. The Balaban J connectivity index is 1.63. The Labute approximate surface area is 249 Å². The average molecular weight is 605 g/mol. The molecule has 2 aromatic rings. The van der Waals surface area contributed by atoms with Crippen LogP contribution in [0.25, 0.3) is 0 Å². The molecule has 0 radical (unpaired) electrons. The van der Waals surface area contributed by atoms with Gasteiger partial charge in [0.1, 0.15) is 11.6 Å². The van der Waals surface area contributed by atoms with Crippen molar-refractivity contribution in [3.05, 3.63) is 70.6 Å². The second-order valence-electron chi connectivity index (χ2n) is 12.2. The third kappa shape index (κ3) is 7.58. The lowest BCUT2D eigenvalue weighted by Gasteiger charge is -2.30. The van der Waals surface area contributed by atoms with Gasteiger partial charge < -0.3 is 20.5 Å². The maximum absolute atomic E-state index is 13.9. The number of alkyl halides is 3. The molecule has 0 aromatic heterocycles. The molecule has 6 nitrogen and oxygen atoms in total. The number of fused-ring (bicyclic) bond motifs is 2. The number of nitrogens with one attached hydrogen (secondary N) is 2. The quantitative estimate of drug-likeness (QED) is 0.146. The van der Waals surface area contributed by atoms with Crippen LogP contribution in [0, 0.1) is 23.6 Å². The van der Waals surface area contributed by atoms with Crippen molar-refractivity contribution < 1.29 is 37.0 Å². The number of benzene rings is 2. The molecule has 0 aliphatic heterocycles. The number of carbonyl (C=O) groups is 2. The highest BCUT2D eigenvalue weighted by molar-refractivity contribution is 5.99. The van der Waals surface area contributed by atoms with Crippen LogP contribution in [-0.2, 0) is 17.4 Å². The summed E-state index contributed by atoms with van der Waals surface area (Å²) in [4.78, 5) is 27.4. The minimum atomic E-state index is -4.91. The largest absolute Gasteiger partial charge is 0.496 e. The number of allylic oxidation sites excluding steroid dienone is 1. The first-order valence-electron chi connectivity index (χ1n) is 14.8. The molecule has 3 N–H and O–H groups in total. The van der Waals surface area contributed by atoms with Crippen molar-refractivity contribution in [1.82, 2.24) is 5.32 Å². The Morgan fingerprint density at radius 3 is 2.47 bits per heavy atom. The number of carbonyl (C=O) groups excluding carboxylic acids is 2. The maximum atomic E-state index is 13.9. The summed E-state index contributed by atoms with van der Waals surface area (Å²) in [7, 11) is 1.46. The van der Waals surface area contributed by atoms with Gasteiger partial charge in [0.15, 0.2) is 0 Å². The summed E-state index contributed by atoms with van der Waals surface area (Å²) in [6, 6.07) is 7.04. The molecule has 4 rings (SSSR count). The van der Waals surface area contributed by atoms with E-state index < -0.39 is 46.9 Å². The molecule has 0 spiro atoms.